The molecule has 0 unspecified atom stereocenters. The number of ketones is 1. The van der Waals surface area contributed by atoms with E-state index in [2.05, 4.69) is 4.98 Å². The minimum Gasteiger partial charge on any atom is -0.507 e. The zero-order valence-electron chi connectivity index (χ0n) is 20.3. The molecule has 188 valence electrons. The number of ether oxygens (including phenoxy) is 2. The van der Waals surface area contributed by atoms with Gasteiger partial charge in [-0.3, -0.25) is 9.59 Å². The number of hydrogen-bond donors (Lipinski definition) is 2. The lowest BCUT2D eigenvalue weighted by Crippen LogP contribution is -2.31. The van der Waals surface area contributed by atoms with E-state index in [1.165, 1.54) is 4.90 Å². The average Bonchev–Trinajstić information content (AvgIpc) is 3.44. The second-order valence-corrected chi connectivity index (χ2v) is 9.13. The summed E-state index contributed by atoms with van der Waals surface area (Å²) in [6.07, 6.45) is 2.37. The molecule has 4 aromatic rings. The number of aromatic nitrogens is 1. The van der Waals surface area contributed by atoms with Gasteiger partial charge < -0.3 is 24.5 Å². The molecular formula is C29H25ClN2O5. The summed E-state index contributed by atoms with van der Waals surface area (Å²) < 4.78 is 10.6. The number of fused-ring (bicyclic) bond motifs is 1. The van der Waals surface area contributed by atoms with Gasteiger partial charge in [0.15, 0.2) is 0 Å². The quantitative estimate of drug-likeness (QED) is 0.192. The van der Waals surface area contributed by atoms with Gasteiger partial charge in [-0.1, -0.05) is 29.8 Å². The van der Waals surface area contributed by atoms with E-state index in [4.69, 9.17) is 21.1 Å². The van der Waals surface area contributed by atoms with E-state index in [1.54, 1.807) is 62.8 Å². The van der Waals surface area contributed by atoms with E-state index in [0.717, 1.165) is 22.2 Å². The summed E-state index contributed by atoms with van der Waals surface area (Å²) in [6, 6.07) is 18.6. The Labute approximate surface area is 218 Å². The smallest absolute Gasteiger partial charge is 0.295 e. The molecule has 2 N–H and O–H groups in total. The van der Waals surface area contributed by atoms with Crippen molar-refractivity contribution in [2.24, 2.45) is 0 Å². The van der Waals surface area contributed by atoms with Crippen molar-refractivity contribution in [2.45, 2.75) is 12.5 Å². The van der Waals surface area contributed by atoms with E-state index < -0.39 is 17.7 Å². The summed E-state index contributed by atoms with van der Waals surface area (Å²) in [5.74, 6) is -0.360. The maximum absolute atomic E-state index is 13.3. The van der Waals surface area contributed by atoms with E-state index in [0.29, 0.717) is 28.3 Å². The highest BCUT2D eigenvalue weighted by Gasteiger charge is 2.46. The molecule has 3 aromatic carbocycles. The summed E-state index contributed by atoms with van der Waals surface area (Å²) in [4.78, 5) is 31.3. The number of benzene rings is 3. The number of amides is 1. The van der Waals surface area contributed by atoms with Crippen LogP contribution in [0.3, 0.4) is 0 Å². The fourth-order valence-corrected chi connectivity index (χ4v) is 5.01. The molecule has 7 nitrogen and oxygen atoms in total. The number of carbonyl (C=O) groups is 2. The topological polar surface area (TPSA) is 91.9 Å². The number of aromatic amines is 1. The van der Waals surface area contributed by atoms with Crippen LogP contribution in [0.25, 0.3) is 16.7 Å². The number of nitrogens with one attached hydrogen (secondary N) is 1. The fraction of sp³-hybridized carbons (Fsp3) is 0.172. The molecule has 1 fully saturated rings. The molecule has 5 rings (SSSR count). The standard InChI is InChI=1S/C29H25ClN2O5/c1-36-19-9-7-17(8-10-19)27(33)25-26(21-5-3-4-6-23(21)30)32(29(35)28(25)34)14-13-18-16-31-24-12-11-20(37-2)15-22(18)24/h3-12,15-16,26,31,33H,13-14H2,1-2H3/t26-/m1/s1. The van der Waals surface area contributed by atoms with Crippen molar-refractivity contribution in [1.29, 1.82) is 0 Å². The number of hydrogen-bond acceptors (Lipinski definition) is 5. The molecule has 1 atom stereocenters. The zero-order valence-corrected chi connectivity index (χ0v) is 21.1. The Morgan fingerprint density at radius 1 is 1.00 bits per heavy atom. The average molecular weight is 517 g/mol. The SMILES string of the molecule is COc1ccc(C(O)=C2C(=O)C(=O)N(CCc3c[nH]c4ccc(OC)cc34)[C@@H]2c2ccccc2Cl)cc1. The molecule has 0 saturated carbocycles. The van der Waals surface area contributed by atoms with Crippen LogP contribution in [0.4, 0.5) is 0 Å². The summed E-state index contributed by atoms with van der Waals surface area (Å²) in [6.45, 7) is 0.240. The summed E-state index contributed by atoms with van der Waals surface area (Å²) in [5.41, 5.74) is 2.89. The van der Waals surface area contributed by atoms with E-state index in [9.17, 15) is 14.7 Å². The monoisotopic (exact) mass is 516 g/mol. The summed E-state index contributed by atoms with van der Waals surface area (Å²) >= 11 is 6.54. The third-order valence-electron chi connectivity index (χ3n) is 6.70. The molecule has 1 aliphatic rings. The second-order valence-electron chi connectivity index (χ2n) is 8.72. The molecule has 1 aromatic heterocycles. The van der Waals surface area contributed by atoms with Gasteiger partial charge in [0.05, 0.1) is 25.8 Å². The number of Topliss-reactive ketones (excluding diaryl/α,β-unsaturated/α-hetero) is 1. The minimum atomic E-state index is -0.837. The van der Waals surface area contributed by atoms with Gasteiger partial charge in [-0.05, 0) is 66.1 Å². The number of methoxy groups -OCH3 is 2. The largest absolute Gasteiger partial charge is 0.507 e. The van der Waals surface area contributed by atoms with Crippen LogP contribution in [0.5, 0.6) is 11.5 Å². The highest BCUT2D eigenvalue weighted by Crippen LogP contribution is 2.42. The molecule has 37 heavy (non-hydrogen) atoms. The van der Waals surface area contributed by atoms with Crippen LogP contribution in [0.2, 0.25) is 5.02 Å². The van der Waals surface area contributed by atoms with E-state index in [-0.39, 0.29) is 17.9 Å². The van der Waals surface area contributed by atoms with Crippen LogP contribution < -0.4 is 9.47 Å². The molecule has 0 bridgehead atoms. The van der Waals surface area contributed by atoms with Crippen molar-refractivity contribution in [3.8, 4) is 11.5 Å². The number of likely N-dealkylation sites (tertiary alicyclic amines) is 1. The van der Waals surface area contributed by atoms with Gasteiger partial charge in [-0.2, -0.15) is 0 Å². The van der Waals surface area contributed by atoms with Crippen LogP contribution in [0.15, 0.2) is 78.5 Å². The van der Waals surface area contributed by atoms with Gasteiger partial charge in [0.2, 0.25) is 0 Å². The molecule has 0 spiro atoms. The highest BCUT2D eigenvalue weighted by molar-refractivity contribution is 6.47. The fourth-order valence-electron chi connectivity index (χ4n) is 4.77. The van der Waals surface area contributed by atoms with Crippen LogP contribution in [-0.4, -0.2) is 47.4 Å². The first-order chi connectivity index (χ1) is 17.9. The molecular weight excluding hydrogens is 492 g/mol. The van der Waals surface area contributed by atoms with E-state index in [1.807, 2.05) is 24.4 Å². The Morgan fingerprint density at radius 3 is 2.41 bits per heavy atom. The summed E-state index contributed by atoms with van der Waals surface area (Å²) in [5, 5.41) is 12.6. The predicted octanol–water partition coefficient (Wildman–Crippen LogP) is 5.50. The van der Waals surface area contributed by atoms with Gasteiger partial charge in [-0.25, -0.2) is 0 Å². The first-order valence-electron chi connectivity index (χ1n) is 11.7. The third-order valence-corrected chi connectivity index (χ3v) is 7.04. The first kappa shape index (κ1) is 24.5. The normalized spacial score (nSPS) is 16.9. The Hall–Kier alpha value is -4.23. The van der Waals surface area contributed by atoms with Crippen LogP contribution in [0.1, 0.15) is 22.7 Å². The van der Waals surface area contributed by atoms with Crippen LogP contribution in [0, 0.1) is 0 Å². The molecule has 1 aliphatic heterocycles. The van der Waals surface area contributed by atoms with Gasteiger partial charge in [-0.15, -0.1) is 0 Å². The number of H-pyrrole nitrogens is 1. The molecule has 1 saturated heterocycles. The van der Waals surface area contributed by atoms with Crippen molar-refractivity contribution in [3.63, 3.8) is 0 Å². The Balaban J connectivity index is 1.56. The molecule has 2 heterocycles. The number of rotatable bonds is 7. The molecule has 0 aliphatic carbocycles. The Morgan fingerprint density at radius 2 is 1.70 bits per heavy atom. The lowest BCUT2D eigenvalue weighted by Gasteiger charge is -2.26. The maximum Gasteiger partial charge on any atom is 0.295 e. The van der Waals surface area contributed by atoms with Crippen LogP contribution >= 0.6 is 11.6 Å². The van der Waals surface area contributed by atoms with Gasteiger partial charge in [0.25, 0.3) is 11.7 Å². The number of aliphatic hydroxyl groups is 1. The lowest BCUT2D eigenvalue weighted by atomic mass is 9.95. The summed E-state index contributed by atoms with van der Waals surface area (Å²) in [7, 11) is 3.15. The number of halogens is 1. The third kappa shape index (κ3) is 4.42. The van der Waals surface area contributed by atoms with Gasteiger partial charge in [0.1, 0.15) is 17.3 Å². The minimum absolute atomic E-state index is 0.00358. The number of nitrogens with zero attached hydrogens (tertiary/aromatic N) is 1. The number of carbonyl (C=O) groups excluding carboxylic acids is 2. The number of aliphatic hydroxyl groups excluding tert-OH is 1. The molecule has 1 amide bonds. The lowest BCUT2D eigenvalue weighted by molar-refractivity contribution is -0.139. The Kier molecular flexibility index (Phi) is 6.63. The molecule has 0 radical (unpaired) electrons. The van der Waals surface area contributed by atoms with Crippen molar-refractivity contribution in [2.75, 3.05) is 20.8 Å². The highest BCUT2D eigenvalue weighted by atomic mass is 35.5. The molecule has 8 heteroatoms. The van der Waals surface area contributed by atoms with E-state index >= 15 is 0 Å². The second kappa shape index (κ2) is 10.0. The van der Waals surface area contributed by atoms with Crippen molar-refractivity contribution in [1.82, 2.24) is 9.88 Å². The van der Waals surface area contributed by atoms with Gasteiger partial charge in [0, 0.05) is 34.2 Å². The zero-order chi connectivity index (χ0) is 26.1. The Bertz CT molecular complexity index is 1520. The van der Waals surface area contributed by atoms with Crippen molar-refractivity contribution < 1.29 is 24.2 Å². The maximum atomic E-state index is 13.3. The predicted molar refractivity (Wildman–Crippen MR) is 142 cm³/mol. The van der Waals surface area contributed by atoms with Crippen LogP contribution in [-0.2, 0) is 16.0 Å². The first-order valence-corrected chi connectivity index (χ1v) is 12.1. The van der Waals surface area contributed by atoms with Gasteiger partial charge >= 0.3 is 0 Å². The van der Waals surface area contributed by atoms with Crippen molar-refractivity contribution in [3.05, 3.63) is 100 Å². The van der Waals surface area contributed by atoms with Crippen molar-refractivity contribution >= 4 is 40.0 Å².